The molecule has 0 bridgehead atoms. The average molecular weight is 419 g/mol. The predicted molar refractivity (Wildman–Crippen MR) is 96.1 cm³/mol. The van der Waals surface area contributed by atoms with Crippen LogP contribution in [0.25, 0.3) is 0 Å². The van der Waals surface area contributed by atoms with Gasteiger partial charge in [-0.05, 0) is 36.1 Å². The highest BCUT2D eigenvalue weighted by atomic mass is 79.9. The zero-order valence-electron chi connectivity index (χ0n) is 14.0. The minimum absolute atomic E-state index is 0.0136. The highest BCUT2D eigenvalue weighted by Gasteiger charge is 2.57. The summed E-state index contributed by atoms with van der Waals surface area (Å²) in [7, 11) is 0. The van der Waals surface area contributed by atoms with E-state index in [2.05, 4.69) is 38.1 Å². The number of benzene rings is 1. The first-order chi connectivity index (χ1) is 12.4. The van der Waals surface area contributed by atoms with E-state index >= 15 is 0 Å². The van der Waals surface area contributed by atoms with Gasteiger partial charge in [-0.1, -0.05) is 22.9 Å². The first kappa shape index (κ1) is 17.1. The molecule has 1 N–H and O–H groups in total. The van der Waals surface area contributed by atoms with E-state index in [1.165, 1.54) is 0 Å². The Labute approximate surface area is 158 Å². The zero-order chi connectivity index (χ0) is 18.5. The number of carbonyl (C=O) groups is 2. The molecule has 0 unspecified atom stereocenters. The van der Waals surface area contributed by atoms with Crippen molar-refractivity contribution in [3.05, 3.63) is 52.0 Å². The van der Waals surface area contributed by atoms with Crippen molar-refractivity contribution in [3.63, 3.8) is 0 Å². The normalized spacial score (nSPS) is 23.7. The van der Waals surface area contributed by atoms with Crippen LogP contribution in [-0.4, -0.2) is 39.8 Å². The molecular weight excluding hydrogens is 403 g/mol. The number of nitrogens with zero attached hydrogens (tertiary/aromatic N) is 3. The summed E-state index contributed by atoms with van der Waals surface area (Å²) < 4.78 is 13.8. The van der Waals surface area contributed by atoms with Crippen LogP contribution in [0.3, 0.4) is 0 Å². The van der Waals surface area contributed by atoms with Crippen molar-refractivity contribution in [2.45, 2.75) is 18.8 Å². The van der Waals surface area contributed by atoms with Gasteiger partial charge in [0.25, 0.3) is 5.91 Å². The monoisotopic (exact) mass is 418 g/mol. The van der Waals surface area contributed by atoms with Gasteiger partial charge in [-0.2, -0.15) is 0 Å². The number of carbonyl (C=O) groups excluding carboxylic acids is 2. The van der Waals surface area contributed by atoms with Crippen LogP contribution in [0.5, 0.6) is 0 Å². The Bertz CT molecular complexity index is 905. The number of hydrogen-bond donors (Lipinski definition) is 1. The van der Waals surface area contributed by atoms with Crippen molar-refractivity contribution in [3.8, 4) is 0 Å². The fraction of sp³-hybridized carbons (Fsp3) is 0.333. The molecule has 8 heteroatoms. The van der Waals surface area contributed by atoms with Crippen molar-refractivity contribution < 1.29 is 14.0 Å². The Morgan fingerprint density at radius 1 is 1.42 bits per heavy atom. The van der Waals surface area contributed by atoms with Crippen LogP contribution in [0.1, 0.15) is 29.3 Å². The summed E-state index contributed by atoms with van der Waals surface area (Å²) in [4.78, 5) is 34.1. The van der Waals surface area contributed by atoms with Gasteiger partial charge in [-0.3, -0.25) is 14.9 Å². The molecule has 2 amide bonds. The number of aromatic nitrogens is 2. The second-order valence-corrected chi connectivity index (χ2v) is 7.80. The van der Waals surface area contributed by atoms with E-state index in [1.807, 2.05) is 18.2 Å². The molecule has 2 aliphatic rings. The number of hydrogen-bond acceptors (Lipinski definition) is 4. The lowest BCUT2D eigenvalue weighted by Crippen LogP contribution is -2.47. The molecule has 1 aromatic carbocycles. The maximum Gasteiger partial charge on any atom is 0.254 e. The third-order valence-electron chi connectivity index (χ3n) is 5.17. The Balaban J connectivity index is 1.54. The fourth-order valence-electron chi connectivity index (χ4n) is 3.71. The standard InChI is InChI=1S/C18H16BrFN4O2/c1-10-5-18(10)9-24(16(26)13-3-2-11(19)4-14(13)18)8-15(25)23-17-21-6-12(20)7-22-17/h2-4,6-7,10H,5,8-9H2,1H3,(H,21,22,23,25)/t10-,18-/m1/s1. The smallest absolute Gasteiger partial charge is 0.254 e. The van der Waals surface area contributed by atoms with Gasteiger partial charge in [0, 0.05) is 22.0 Å². The molecule has 4 rings (SSSR count). The molecule has 2 aromatic rings. The molecule has 0 saturated heterocycles. The minimum Gasteiger partial charge on any atom is -0.328 e. The molecule has 26 heavy (non-hydrogen) atoms. The topological polar surface area (TPSA) is 75.2 Å². The molecule has 1 aromatic heterocycles. The number of fused-ring (bicyclic) bond motifs is 2. The SMILES string of the molecule is C[C@@H]1C[C@@]12CN(CC(=O)Nc1ncc(F)cn1)C(=O)c1ccc(Br)cc12. The summed E-state index contributed by atoms with van der Waals surface area (Å²) in [5, 5.41) is 2.50. The largest absolute Gasteiger partial charge is 0.328 e. The maximum atomic E-state index is 12.9. The van der Waals surface area contributed by atoms with E-state index < -0.39 is 11.7 Å². The molecule has 1 aliphatic heterocycles. The molecule has 1 spiro atoms. The number of amides is 2. The summed E-state index contributed by atoms with van der Waals surface area (Å²) >= 11 is 3.48. The third kappa shape index (κ3) is 2.88. The van der Waals surface area contributed by atoms with Gasteiger partial charge in [0.1, 0.15) is 6.54 Å². The van der Waals surface area contributed by atoms with E-state index in [4.69, 9.17) is 0 Å². The van der Waals surface area contributed by atoms with E-state index in [-0.39, 0.29) is 23.8 Å². The lowest BCUT2D eigenvalue weighted by molar-refractivity contribution is -0.117. The van der Waals surface area contributed by atoms with Gasteiger partial charge in [-0.25, -0.2) is 14.4 Å². The maximum absolute atomic E-state index is 12.9. The van der Waals surface area contributed by atoms with Gasteiger partial charge in [-0.15, -0.1) is 0 Å². The summed E-state index contributed by atoms with van der Waals surface area (Å²) in [6.45, 7) is 2.57. The van der Waals surface area contributed by atoms with E-state index in [0.29, 0.717) is 18.0 Å². The van der Waals surface area contributed by atoms with Crippen LogP contribution in [0.4, 0.5) is 10.3 Å². The van der Waals surface area contributed by atoms with Crippen LogP contribution in [0.2, 0.25) is 0 Å². The molecular formula is C18H16BrFN4O2. The third-order valence-corrected chi connectivity index (χ3v) is 5.66. The van der Waals surface area contributed by atoms with Gasteiger partial charge in [0.05, 0.1) is 12.4 Å². The highest BCUT2D eigenvalue weighted by Crippen LogP contribution is 2.57. The van der Waals surface area contributed by atoms with Gasteiger partial charge >= 0.3 is 0 Å². The predicted octanol–water partition coefficient (Wildman–Crippen LogP) is 2.75. The molecule has 0 radical (unpaired) electrons. The molecule has 1 saturated carbocycles. The summed E-state index contributed by atoms with van der Waals surface area (Å²) in [5.74, 6) is -0.683. The first-order valence-electron chi connectivity index (χ1n) is 8.26. The number of anilines is 1. The van der Waals surface area contributed by atoms with Crippen molar-refractivity contribution in [1.29, 1.82) is 0 Å². The lowest BCUT2D eigenvalue weighted by atomic mass is 9.85. The van der Waals surface area contributed by atoms with E-state index in [9.17, 15) is 14.0 Å². The lowest BCUT2D eigenvalue weighted by Gasteiger charge is -2.35. The minimum atomic E-state index is -0.582. The van der Waals surface area contributed by atoms with Crippen LogP contribution in [-0.2, 0) is 10.2 Å². The van der Waals surface area contributed by atoms with Crippen molar-refractivity contribution in [2.75, 3.05) is 18.4 Å². The second kappa shape index (κ2) is 6.12. The number of nitrogens with one attached hydrogen (secondary N) is 1. The van der Waals surface area contributed by atoms with E-state index in [0.717, 1.165) is 28.9 Å². The van der Waals surface area contributed by atoms with Crippen molar-refractivity contribution in [1.82, 2.24) is 14.9 Å². The number of halogens is 2. The fourth-order valence-corrected chi connectivity index (χ4v) is 4.07. The Morgan fingerprint density at radius 3 is 2.77 bits per heavy atom. The second-order valence-electron chi connectivity index (χ2n) is 6.89. The molecule has 1 fully saturated rings. The molecule has 6 nitrogen and oxygen atoms in total. The van der Waals surface area contributed by atoms with Crippen LogP contribution < -0.4 is 5.32 Å². The average Bonchev–Trinajstić information content (AvgIpc) is 3.25. The van der Waals surface area contributed by atoms with Crippen LogP contribution >= 0.6 is 15.9 Å². The van der Waals surface area contributed by atoms with Gasteiger partial charge < -0.3 is 4.90 Å². The quantitative estimate of drug-likeness (QED) is 0.831. The molecule has 1 aliphatic carbocycles. The Hall–Kier alpha value is -2.35. The molecule has 134 valence electrons. The summed E-state index contributed by atoms with van der Waals surface area (Å²) in [6, 6.07) is 5.66. The first-order valence-corrected chi connectivity index (χ1v) is 9.05. The van der Waals surface area contributed by atoms with Crippen molar-refractivity contribution >= 4 is 33.7 Å². The molecule has 2 atom stereocenters. The number of rotatable bonds is 3. The van der Waals surface area contributed by atoms with Gasteiger partial charge in [0.15, 0.2) is 5.82 Å². The van der Waals surface area contributed by atoms with Crippen LogP contribution in [0.15, 0.2) is 35.1 Å². The molecule has 2 heterocycles. The highest BCUT2D eigenvalue weighted by molar-refractivity contribution is 9.10. The Kier molecular flexibility index (Phi) is 4.02. The van der Waals surface area contributed by atoms with Crippen LogP contribution in [0, 0.1) is 11.7 Å². The zero-order valence-corrected chi connectivity index (χ0v) is 15.6. The summed E-state index contributed by atoms with van der Waals surface area (Å²) in [6.07, 6.45) is 2.94. The van der Waals surface area contributed by atoms with Crippen molar-refractivity contribution in [2.24, 2.45) is 5.92 Å². The van der Waals surface area contributed by atoms with Gasteiger partial charge in [0.2, 0.25) is 11.9 Å². The summed E-state index contributed by atoms with van der Waals surface area (Å²) in [5.41, 5.74) is 1.62. The van der Waals surface area contributed by atoms with E-state index in [1.54, 1.807) is 4.90 Å². The Morgan fingerprint density at radius 2 is 2.12 bits per heavy atom.